The quantitative estimate of drug-likeness (QED) is 0.750. The fraction of sp³-hybridized carbons (Fsp3) is 0.500. The van der Waals surface area contributed by atoms with Crippen molar-refractivity contribution >= 4 is 5.78 Å². The fourth-order valence-electron chi connectivity index (χ4n) is 2.43. The van der Waals surface area contributed by atoms with Crippen molar-refractivity contribution in [3.05, 3.63) is 34.4 Å². The molecular weight excluding hydrogens is 222 g/mol. The third kappa shape index (κ3) is 3.20. The molecule has 0 radical (unpaired) electrons. The summed E-state index contributed by atoms with van der Waals surface area (Å²) in [7, 11) is 0. The molecule has 0 aliphatic heterocycles. The van der Waals surface area contributed by atoms with Gasteiger partial charge in [-0.2, -0.15) is 5.26 Å². The van der Waals surface area contributed by atoms with Gasteiger partial charge in [-0.05, 0) is 44.2 Å². The van der Waals surface area contributed by atoms with Crippen molar-refractivity contribution < 1.29 is 4.79 Å². The predicted octanol–water partition coefficient (Wildman–Crippen LogP) is 3.98. The van der Waals surface area contributed by atoms with Crippen LogP contribution in [0.2, 0.25) is 0 Å². The van der Waals surface area contributed by atoms with E-state index in [9.17, 15) is 10.1 Å². The lowest BCUT2D eigenvalue weighted by molar-refractivity contribution is 0.0935. The van der Waals surface area contributed by atoms with Gasteiger partial charge < -0.3 is 0 Å². The number of ketones is 1. The Kier molecular flexibility index (Phi) is 4.67. The summed E-state index contributed by atoms with van der Waals surface area (Å²) in [6.45, 7) is 9.97. The molecule has 0 spiro atoms. The highest BCUT2D eigenvalue weighted by Gasteiger charge is 2.23. The first-order valence-electron chi connectivity index (χ1n) is 6.38. The van der Waals surface area contributed by atoms with Crippen LogP contribution in [0.4, 0.5) is 0 Å². The standard InChI is InChI=1S/C16H21NO/c1-10(2)6-14(9-17)16(18)15-12(4)7-11(3)8-13(15)5/h7-8,10,14H,6H2,1-5H3. The maximum atomic E-state index is 12.4. The van der Waals surface area contributed by atoms with Crippen molar-refractivity contribution in [1.82, 2.24) is 0 Å². The first-order valence-corrected chi connectivity index (χ1v) is 6.38. The van der Waals surface area contributed by atoms with Crippen LogP contribution in [0, 0.1) is 43.9 Å². The summed E-state index contributed by atoms with van der Waals surface area (Å²) in [6.07, 6.45) is 0.627. The number of carbonyl (C=O) groups is 1. The Morgan fingerprint density at radius 3 is 2.11 bits per heavy atom. The summed E-state index contributed by atoms with van der Waals surface area (Å²) in [4.78, 5) is 12.4. The molecule has 1 atom stereocenters. The van der Waals surface area contributed by atoms with Gasteiger partial charge in [-0.15, -0.1) is 0 Å². The molecule has 0 saturated carbocycles. The van der Waals surface area contributed by atoms with E-state index in [1.807, 2.05) is 46.8 Å². The van der Waals surface area contributed by atoms with E-state index in [0.29, 0.717) is 12.3 Å². The van der Waals surface area contributed by atoms with Crippen LogP contribution < -0.4 is 0 Å². The number of hydrogen-bond acceptors (Lipinski definition) is 2. The van der Waals surface area contributed by atoms with Crippen LogP contribution in [-0.4, -0.2) is 5.78 Å². The van der Waals surface area contributed by atoms with Crippen molar-refractivity contribution in [3.63, 3.8) is 0 Å². The fourth-order valence-corrected chi connectivity index (χ4v) is 2.43. The first-order chi connectivity index (χ1) is 8.36. The van der Waals surface area contributed by atoms with Gasteiger partial charge in [0, 0.05) is 5.56 Å². The molecule has 0 heterocycles. The van der Waals surface area contributed by atoms with Crippen LogP contribution >= 0.6 is 0 Å². The van der Waals surface area contributed by atoms with Gasteiger partial charge in [0.25, 0.3) is 0 Å². The Morgan fingerprint density at radius 1 is 1.22 bits per heavy atom. The average molecular weight is 243 g/mol. The lowest BCUT2D eigenvalue weighted by Gasteiger charge is -2.15. The van der Waals surface area contributed by atoms with Crippen molar-refractivity contribution in [3.8, 4) is 6.07 Å². The van der Waals surface area contributed by atoms with E-state index in [-0.39, 0.29) is 5.78 Å². The van der Waals surface area contributed by atoms with Crippen LogP contribution in [-0.2, 0) is 0 Å². The van der Waals surface area contributed by atoms with E-state index in [4.69, 9.17) is 0 Å². The molecular formula is C16H21NO. The number of Topliss-reactive ketones (excluding diaryl/α,β-unsaturated/α-hetero) is 1. The second-order valence-corrected chi connectivity index (χ2v) is 5.45. The number of hydrogen-bond donors (Lipinski definition) is 0. The Morgan fingerprint density at radius 2 is 1.72 bits per heavy atom. The average Bonchev–Trinajstić information content (AvgIpc) is 2.23. The highest BCUT2D eigenvalue weighted by Crippen LogP contribution is 2.23. The second kappa shape index (κ2) is 5.82. The molecule has 0 amide bonds. The monoisotopic (exact) mass is 243 g/mol. The molecule has 0 saturated heterocycles. The Hall–Kier alpha value is -1.62. The van der Waals surface area contributed by atoms with Crippen molar-refractivity contribution in [2.24, 2.45) is 11.8 Å². The molecule has 2 nitrogen and oxygen atoms in total. The minimum absolute atomic E-state index is 0.0267. The lowest BCUT2D eigenvalue weighted by atomic mass is 9.86. The van der Waals surface area contributed by atoms with Crippen LogP contribution in [0.1, 0.15) is 47.3 Å². The molecule has 1 unspecified atom stereocenters. The molecule has 0 N–H and O–H groups in total. The van der Waals surface area contributed by atoms with Gasteiger partial charge in [-0.25, -0.2) is 0 Å². The summed E-state index contributed by atoms with van der Waals surface area (Å²) >= 11 is 0. The van der Waals surface area contributed by atoms with Crippen molar-refractivity contribution in [2.45, 2.75) is 41.0 Å². The Balaban J connectivity index is 3.14. The Labute approximate surface area is 110 Å². The van der Waals surface area contributed by atoms with Crippen LogP contribution in [0.3, 0.4) is 0 Å². The third-order valence-electron chi connectivity index (χ3n) is 3.10. The first kappa shape index (κ1) is 14.4. The molecule has 96 valence electrons. The molecule has 0 fully saturated rings. The largest absolute Gasteiger partial charge is 0.293 e. The van der Waals surface area contributed by atoms with Gasteiger partial charge in [0.1, 0.15) is 5.92 Å². The molecule has 1 rings (SSSR count). The van der Waals surface area contributed by atoms with Crippen LogP contribution in [0.5, 0.6) is 0 Å². The number of aryl methyl sites for hydroxylation is 3. The smallest absolute Gasteiger partial charge is 0.180 e. The number of rotatable bonds is 4. The summed E-state index contributed by atoms with van der Waals surface area (Å²) in [5, 5.41) is 9.17. The number of carbonyl (C=O) groups excluding carboxylic acids is 1. The predicted molar refractivity (Wildman–Crippen MR) is 73.5 cm³/mol. The summed E-state index contributed by atoms with van der Waals surface area (Å²) in [5.74, 6) is -0.198. The minimum Gasteiger partial charge on any atom is -0.293 e. The highest BCUT2D eigenvalue weighted by molar-refractivity contribution is 6.01. The van der Waals surface area contributed by atoms with Gasteiger partial charge in [-0.1, -0.05) is 31.5 Å². The number of nitrogens with zero attached hydrogens (tertiary/aromatic N) is 1. The van der Waals surface area contributed by atoms with Crippen molar-refractivity contribution in [2.75, 3.05) is 0 Å². The zero-order chi connectivity index (χ0) is 13.9. The van der Waals surface area contributed by atoms with E-state index in [1.165, 1.54) is 0 Å². The van der Waals surface area contributed by atoms with Gasteiger partial charge in [0.05, 0.1) is 6.07 Å². The van der Waals surface area contributed by atoms with Crippen LogP contribution in [0.25, 0.3) is 0 Å². The van der Waals surface area contributed by atoms with E-state index in [0.717, 1.165) is 22.3 Å². The number of nitriles is 1. The minimum atomic E-state index is -0.523. The number of benzene rings is 1. The Bertz CT molecular complexity index is 471. The van der Waals surface area contributed by atoms with Gasteiger partial charge in [0.15, 0.2) is 5.78 Å². The molecule has 1 aromatic carbocycles. The molecule has 1 aromatic rings. The molecule has 0 aliphatic carbocycles. The third-order valence-corrected chi connectivity index (χ3v) is 3.10. The van der Waals surface area contributed by atoms with E-state index < -0.39 is 5.92 Å². The highest BCUT2D eigenvalue weighted by atomic mass is 16.1. The van der Waals surface area contributed by atoms with E-state index in [2.05, 4.69) is 6.07 Å². The zero-order valence-corrected chi connectivity index (χ0v) is 11.9. The molecule has 0 bridgehead atoms. The summed E-state index contributed by atoms with van der Waals surface area (Å²) in [6, 6.07) is 6.16. The SMILES string of the molecule is Cc1cc(C)c(C(=O)C(C#N)CC(C)C)c(C)c1. The maximum Gasteiger partial charge on any atom is 0.180 e. The summed E-state index contributed by atoms with van der Waals surface area (Å²) < 4.78 is 0. The van der Waals surface area contributed by atoms with Crippen LogP contribution in [0.15, 0.2) is 12.1 Å². The molecule has 18 heavy (non-hydrogen) atoms. The van der Waals surface area contributed by atoms with Gasteiger partial charge in [0.2, 0.25) is 0 Å². The van der Waals surface area contributed by atoms with Crippen molar-refractivity contribution in [1.29, 1.82) is 5.26 Å². The summed E-state index contributed by atoms with van der Waals surface area (Å²) in [5.41, 5.74) is 3.83. The van der Waals surface area contributed by atoms with E-state index >= 15 is 0 Å². The molecule has 0 aliphatic rings. The maximum absolute atomic E-state index is 12.4. The molecule has 2 heteroatoms. The molecule has 0 aromatic heterocycles. The topological polar surface area (TPSA) is 40.9 Å². The van der Waals surface area contributed by atoms with Gasteiger partial charge in [-0.3, -0.25) is 4.79 Å². The zero-order valence-electron chi connectivity index (χ0n) is 11.9. The lowest BCUT2D eigenvalue weighted by Crippen LogP contribution is -2.17. The second-order valence-electron chi connectivity index (χ2n) is 5.45. The van der Waals surface area contributed by atoms with E-state index in [1.54, 1.807) is 0 Å². The van der Waals surface area contributed by atoms with Gasteiger partial charge >= 0.3 is 0 Å². The normalized spacial score (nSPS) is 12.3.